The largest absolute Gasteiger partial charge is 0.505 e. The van der Waals surface area contributed by atoms with Crippen molar-refractivity contribution < 1.29 is 57.0 Å². The van der Waals surface area contributed by atoms with Gasteiger partial charge in [-0.25, -0.2) is 0 Å². The van der Waals surface area contributed by atoms with Gasteiger partial charge in [0.05, 0.1) is 32.5 Å². The van der Waals surface area contributed by atoms with Gasteiger partial charge < -0.3 is 16.2 Å². The van der Waals surface area contributed by atoms with Crippen molar-refractivity contribution in [3.63, 3.8) is 0 Å². The summed E-state index contributed by atoms with van der Waals surface area (Å²) in [6.07, 6.45) is 1.32. The number of rotatable bonds is 12. The molecule has 0 saturated carbocycles. The number of anilines is 2. The van der Waals surface area contributed by atoms with E-state index in [-0.39, 0.29) is 61.9 Å². The number of azo groups is 2. The first-order valence-corrected chi connectivity index (χ1v) is 22.0. The average Bonchev–Trinajstić information content (AvgIpc) is 3.12. The molecule has 6 aromatic rings. The number of hydrogen-bond donors (Lipinski definition) is 7. The number of aromatic hydroxyl groups is 1. The van der Waals surface area contributed by atoms with Crippen LogP contribution in [0.2, 0.25) is 0 Å². The number of nitrogens with zero attached hydrogens (tertiary/aromatic N) is 4. The lowest BCUT2D eigenvalue weighted by molar-refractivity contribution is 0.472. The van der Waals surface area contributed by atoms with Crippen LogP contribution in [0.3, 0.4) is 0 Å². The Labute approximate surface area is 324 Å². The van der Waals surface area contributed by atoms with Crippen LogP contribution in [-0.4, -0.2) is 63.5 Å². The van der Waals surface area contributed by atoms with Gasteiger partial charge in [0.1, 0.15) is 15.5 Å². The van der Waals surface area contributed by atoms with Gasteiger partial charge in [0, 0.05) is 39.2 Å². The van der Waals surface area contributed by atoms with E-state index in [0.717, 1.165) is 48.9 Å². The van der Waals surface area contributed by atoms with E-state index in [1.54, 1.807) is 0 Å². The van der Waals surface area contributed by atoms with Crippen LogP contribution >= 0.6 is 0 Å². The number of nitrogens with two attached hydrogens (primary N) is 1. The molecule has 0 atom stereocenters. The number of hydrogen-bond acceptors (Lipinski definition) is 15. The lowest BCUT2D eigenvalue weighted by atomic mass is 10.1. The van der Waals surface area contributed by atoms with Gasteiger partial charge in [0.2, 0.25) is 0 Å². The van der Waals surface area contributed by atoms with Crippen molar-refractivity contribution in [2.45, 2.75) is 39.3 Å². The second kappa shape index (κ2) is 15.0. The van der Waals surface area contributed by atoms with Crippen molar-refractivity contribution in [3.8, 4) is 5.75 Å². The molecule has 0 spiro atoms. The maximum Gasteiger partial charge on any atom is 0.296 e. The summed E-state index contributed by atoms with van der Waals surface area (Å²) in [4.78, 5) is -2.67. The van der Waals surface area contributed by atoms with E-state index in [4.69, 9.17) is 5.73 Å². The quantitative estimate of drug-likeness (QED) is 0.0272. The van der Waals surface area contributed by atoms with E-state index in [9.17, 15) is 57.0 Å². The van der Waals surface area contributed by atoms with Gasteiger partial charge in [-0.05, 0) is 78.5 Å². The zero-order chi connectivity index (χ0) is 41.7. The number of fused-ring (bicyclic) bond motifs is 3. The highest BCUT2D eigenvalue weighted by Gasteiger charge is 2.25. The highest BCUT2D eigenvalue weighted by Crippen LogP contribution is 2.45. The smallest absolute Gasteiger partial charge is 0.296 e. The van der Waals surface area contributed by atoms with Crippen LogP contribution in [0, 0.1) is 0 Å². The Bertz CT molecular complexity index is 3170. The third-order valence-electron chi connectivity index (χ3n) is 8.61. The van der Waals surface area contributed by atoms with Gasteiger partial charge in [-0.2, -0.15) is 33.7 Å². The zero-order valence-electron chi connectivity index (χ0n) is 29.1. The fourth-order valence-corrected chi connectivity index (χ4v) is 8.20. The minimum absolute atomic E-state index is 0.0463. The minimum Gasteiger partial charge on any atom is -0.505 e. The van der Waals surface area contributed by atoms with Crippen molar-refractivity contribution in [2.75, 3.05) is 17.6 Å². The highest BCUT2D eigenvalue weighted by atomic mass is 32.2. The molecule has 0 radical (unpaired) electrons. The summed E-state index contributed by atoms with van der Waals surface area (Å²) in [6.45, 7) is 2.15. The highest BCUT2D eigenvalue weighted by molar-refractivity contribution is 7.86. The molecule has 0 heterocycles. The summed E-state index contributed by atoms with van der Waals surface area (Å²) < 4.78 is 137. The summed E-state index contributed by atoms with van der Waals surface area (Å²) in [5.41, 5.74) is 5.42. The van der Waals surface area contributed by atoms with Crippen LogP contribution in [0.15, 0.2) is 119 Å². The Hall–Kier alpha value is -5.66. The topological polar surface area (TPSA) is 325 Å². The van der Waals surface area contributed by atoms with E-state index in [1.165, 1.54) is 36.4 Å². The van der Waals surface area contributed by atoms with Gasteiger partial charge in [-0.3, -0.25) is 18.2 Å². The Balaban J connectivity index is 1.53. The van der Waals surface area contributed by atoms with Gasteiger partial charge in [-0.1, -0.05) is 25.5 Å². The first-order valence-electron chi connectivity index (χ1n) is 16.3. The van der Waals surface area contributed by atoms with Crippen LogP contribution in [0.25, 0.3) is 32.3 Å². The summed E-state index contributed by atoms with van der Waals surface area (Å²) >= 11 is 0. The van der Waals surface area contributed by atoms with Gasteiger partial charge in [-0.15, -0.1) is 20.5 Å². The molecule has 6 aromatic carbocycles. The Morgan fingerprint density at radius 1 is 0.561 bits per heavy atom. The molecule has 0 bridgehead atoms. The first-order chi connectivity index (χ1) is 26.6. The summed E-state index contributed by atoms with van der Waals surface area (Å²) in [5.74, 6) is -0.870. The first kappa shape index (κ1) is 41.0. The monoisotopic (exact) mass is 858 g/mol. The molecule has 19 nitrogen and oxygen atoms in total. The summed E-state index contributed by atoms with van der Waals surface area (Å²) in [6, 6.07) is 15.4. The lowest BCUT2D eigenvalue weighted by Crippen LogP contribution is -2.08. The molecule has 0 aliphatic carbocycles. The molecular weight excluding hydrogens is 829 g/mol. The molecule has 23 heteroatoms. The van der Waals surface area contributed by atoms with E-state index < -0.39 is 71.5 Å². The molecule has 0 amide bonds. The van der Waals surface area contributed by atoms with Gasteiger partial charge in [0.25, 0.3) is 40.5 Å². The summed E-state index contributed by atoms with van der Waals surface area (Å²) in [5, 5.41) is 30.9. The number of phenols is 1. The maximum absolute atomic E-state index is 12.5. The summed E-state index contributed by atoms with van der Waals surface area (Å²) in [7, 11) is -19.5. The predicted octanol–water partition coefficient (Wildman–Crippen LogP) is 7.46. The Kier molecular flexibility index (Phi) is 10.8. The fraction of sp³-hybridized carbons (Fsp3) is 0.118. The molecule has 0 saturated heterocycles. The van der Waals surface area contributed by atoms with Crippen LogP contribution in [0.1, 0.15) is 19.8 Å². The Morgan fingerprint density at radius 3 is 1.60 bits per heavy atom. The predicted molar refractivity (Wildman–Crippen MR) is 209 cm³/mol. The number of phenolic OH excluding ortho intramolecular Hbond substituents is 1. The lowest BCUT2D eigenvalue weighted by Gasteiger charge is -2.14. The molecular formula is C34H30N6O13S4. The standard InChI is InChI=1S/C34H30N6O13S4/c1-2-3-12-36-30-17-23-18(13-31(30)56(48,49)50)14-32(57(51,52)53)33(34(23)41)40-39-29-11-10-27(22-7-5-20(16-25(22)29)55(45,46)47)37-38-28-9-8-26(35)21-6-4-19(15-24(21)28)54(42,43)44/h4-11,13-17,36,41H,2-3,12,35H2,1H3,(H,42,43,44)(H,45,46,47)(H,48,49,50)(H,51,52,53). The fourth-order valence-electron chi connectivity index (χ4n) is 5.84. The van der Waals surface area contributed by atoms with E-state index in [1.807, 2.05) is 6.92 Å². The van der Waals surface area contributed by atoms with Crippen LogP contribution in [0.4, 0.5) is 34.1 Å². The molecule has 0 aliphatic rings. The van der Waals surface area contributed by atoms with Crippen molar-refractivity contribution >= 4 is 107 Å². The SMILES string of the molecule is CCCCNc1cc2c(O)c(N=Nc3ccc(N=Nc4ccc(N)c5ccc(S(=O)(=O)O)cc45)c4ccc(S(=O)(=O)O)cc34)c(S(=O)(=O)O)cc2cc1S(=O)(=O)O. The van der Waals surface area contributed by atoms with Crippen LogP contribution in [-0.2, 0) is 40.5 Å². The van der Waals surface area contributed by atoms with Crippen molar-refractivity contribution in [3.05, 3.63) is 78.9 Å². The molecule has 0 fully saturated rings. The van der Waals surface area contributed by atoms with Crippen molar-refractivity contribution in [2.24, 2.45) is 20.5 Å². The third-order valence-corrected chi connectivity index (χ3v) is 12.1. The molecule has 298 valence electrons. The molecule has 6 rings (SSSR count). The second-order valence-corrected chi connectivity index (χ2v) is 18.0. The number of benzene rings is 6. The van der Waals surface area contributed by atoms with Crippen molar-refractivity contribution in [1.29, 1.82) is 0 Å². The van der Waals surface area contributed by atoms with Crippen molar-refractivity contribution in [1.82, 2.24) is 0 Å². The number of nitrogen functional groups attached to an aromatic ring is 1. The molecule has 0 unspecified atom stereocenters. The number of unbranched alkanes of at least 4 members (excludes halogenated alkanes) is 1. The normalized spacial score (nSPS) is 13.1. The Morgan fingerprint density at radius 2 is 1.05 bits per heavy atom. The minimum atomic E-state index is -5.20. The molecule has 0 aliphatic heterocycles. The zero-order valence-corrected chi connectivity index (χ0v) is 32.4. The van der Waals surface area contributed by atoms with E-state index in [2.05, 4.69) is 25.8 Å². The van der Waals surface area contributed by atoms with Gasteiger partial charge in [0.15, 0.2) is 5.75 Å². The van der Waals surface area contributed by atoms with Crippen LogP contribution in [0.5, 0.6) is 5.75 Å². The average molecular weight is 859 g/mol. The van der Waals surface area contributed by atoms with Crippen LogP contribution < -0.4 is 11.1 Å². The molecule has 8 N–H and O–H groups in total. The molecule has 57 heavy (non-hydrogen) atoms. The van der Waals surface area contributed by atoms with E-state index >= 15 is 0 Å². The van der Waals surface area contributed by atoms with Gasteiger partial charge >= 0.3 is 0 Å². The van der Waals surface area contributed by atoms with E-state index in [0.29, 0.717) is 11.8 Å². The maximum atomic E-state index is 12.5. The number of nitrogens with one attached hydrogen (secondary N) is 1. The second-order valence-electron chi connectivity index (χ2n) is 12.4. The molecule has 0 aromatic heterocycles. The third kappa shape index (κ3) is 8.54.